The van der Waals surface area contributed by atoms with Gasteiger partial charge in [0.15, 0.2) is 0 Å². The molecule has 0 aliphatic carbocycles. The van der Waals surface area contributed by atoms with E-state index in [1.54, 1.807) is 26.3 Å². The lowest BCUT2D eigenvalue weighted by atomic mass is 9.97. The topological polar surface area (TPSA) is 60.4 Å². The van der Waals surface area contributed by atoms with Crippen molar-refractivity contribution in [3.63, 3.8) is 0 Å². The Hall–Kier alpha value is -3.02. The molecule has 0 aromatic heterocycles. The van der Waals surface area contributed by atoms with Crippen molar-refractivity contribution in [2.75, 3.05) is 21.3 Å². The van der Waals surface area contributed by atoms with Crippen molar-refractivity contribution in [1.82, 2.24) is 5.01 Å². The molecule has 0 saturated carbocycles. The Morgan fingerprint density at radius 3 is 2.30 bits per heavy atom. The largest absolute Gasteiger partial charge is 0.497 e. The second-order valence-corrected chi connectivity index (χ2v) is 6.19. The van der Waals surface area contributed by atoms with E-state index in [1.807, 2.05) is 49.4 Å². The van der Waals surface area contributed by atoms with Crippen LogP contribution in [-0.2, 0) is 4.79 Å². The smallest absolute Gasteiger partial charge is 0.242 e. The second-order valence-electron chi connectivity index (χ2n) is 6.19. The molecular weight excluding hydrogens is 344 g/mol. The molecule has 1 aliphatic heterocycles. The number of hydrogen-bond donors (Lipinski definition) is 0. The SMILES string of the molecule is CCC(=O)N1N=C(c2ccc(OC)cc2)CC1c1cc(OC)ccc1OC. The minimum atomic E-state index is -0.236. The number of rotatable bonds is 6. The number of carbonyl (C=O) groups is 1. The van der Waals surface area contributed by atoms with Crippen LogP contribution in [0.5, 0.6) is 17.2 Å². The number of methoxy groups -OCH3 is 3. The monoisotopic (exact) mass is 368 g/mol. The maximum absolute atomic E-state index is 12.6. The Morgan fingerprint density at radius 2 is 1.70 bits per heavy atom. The molecule has 1 aliphatic rings. The first-order valence-corrected chi connectivity index (χ1v) is 8.87. The van der Waals surface area contributed by atoms with Crippen molar-refractivity contribution in [3.05, 3.63) is 53.6 Å². The molecule has 6 nitrogen and oxygen atoms in total. The molecule has 0 bridgehead atoms. The maximum Gasteiger partial charge on any atom is 0.242 e. The lowest BCUT2D eigenvalue weighted by molar-refractivity contribution is -0.132. The molecule has 0 N–H and O–H groups in total. The Kier molecular flexibility index (Phi) is 5.64. The number of amides is 1. The van der Waals surface area contributed by atoms with Crippen molar-refractivity contribution in [1.29, 1.82) is 0 Å². The van der Waals surface area contributed by atoms with Gasteiger partial charge in [0.2, 0.25) is 5.91 Å². The molecule has 3 rings (SSSR count). The van der Waals surface area contributed by atoms with Crippen LogP contribution in [0.3, 0.4) is 0 Å². The summed E-state index contributed by atoms with van der Waals surface area (Å²) >= 11 is 0. The van der Waals surface area contributed by atoms with Gasteiger partial charge >= 0.3 is 0 Å². The molecule has 142 valence electrons. The van der Waals surface area contributed by atoms with Crippen LogP contribution in [0.15, 0.2) is 47.6 Å². The first kappa shape index (κ1) is 18.8. The standard InChI is InChI=1S/C21H24N2O4/c1-5-21(24)23-19(17-12-16(26-3)10-11-20(17)27-4)13-18(22-23)14-6-8-15(25-2)9-7-14/h6-12,19H,5,13H2,1-4H3. The van der Waals surface area contributed by atoms with Gasteiger partial charge in [-0.3, -0.25) is 4.79 Å². The highest BCUT2D eigenvalue weighted by atomic mass is 16.5. The van der Waals surface area contributed by atoms with Gasteiger partial charge in [0.25, 0.3) is 0 Å². The van der Waals surface area contributed by atoms with Crippen molar-refractivity contribution in [2.45, 2.75) is 25.8 Å². The van der Waals surface area contributed by atoms with E-state index in [1.165, 1.54) is 0 Å². The highest BCUT2D eigenvalue weighted by molar-refractivity contribution is 6.03. The van der Waals surface area contributed by atoms with E-state index < -0.39 is 0 Å². The van der Waals surface area contributed by atoms with E-state index in [-0.39, 0.29) is 11.9 Å². The van der Waals surface area contributed by atoms with Gasteiger partial charge in [-0.25, -0.2) is 5.01 Å². The molecule has 2 aromatic rings. The Balaban J connectivity index is 1.99. The summed E-state index contributed by atoms with van der Waals surface area (Å²) in [6.45, 7) is 1.84. The van der Waals surface area contributed by atoms with E-state index in [2.05, 4.69) is 5.10 Å². The van der Waals surface area contributed by atoms with Crippen molar-refractivity contribution in [3.8, 4) is 17.2 Å². The maximum atomic E-state index is 12.6. The summed E-state index contributed by atoms with van der Waals surface area (Å²) in [7, 11) is 4.88. The van der Waals surface area contributed by atoms with Gasteiger partial charge in [0.05, 0.1) is 33.1 Å². The molecule has 0 fully saturated rings. The third-order valence-corrected chi connectivity index (χ3v) is 4.69. The van der Waals surface area contributed by atoms with E-state index in [0.29, 0.717) is 24.3 Å². The highest BCUT2D eigenvalue weighted by Gasteiger charge is 2.34. The predicted molar refractivity (Wildman–Crippen MR) is 104 cm³/mol. The number of hydrogen-bond acceptors (Lipinski definition) is 5. The lowest BCUT2D eigenvalue weighted by Gasteiger charge is -2.23. The van der Waals surface area contributed by atoms with Gasteiger partial charge < -0.3 is 14.2 Å². The summed E-state index contributed by atoms with van der Waals surface area (Å²) in [4.78, 5) is 12.6. The Labute approximate surface area is 159 Å². The van der Waals surface area contributed by atoms with Gasteiger partial charge in [0.1, 0.15) is 17.2 Å². The van der Waals surface area contributed by atoms with Gasteiger partial charge in [-0.1, -0.05) is 6.92 Å². The summed E-state index contributed by atoms with van der Waals surface area (Å²) in [5, 5.41) is 6.20. The zero-order valence-corrected chi connectivity index (χ0v) is 16.1. The average molecular weight is 368 g/mol. The number of carbonyl (C=O) groups excluding carboxylic acids is 1. The number of nitrogens with zero attached hydrogens (tertiary/aromatic N) is 2. The van der Waals surface area contributed by atoms with Crippen LogP contribution < -0.4 is 14.2 Å². The van der Waals surface area contributed by atoms with E-state index in [4.69, 9.17) is 14.2 Å². The fraction of sp³-hybridized carbons (Fsp3) is 0.333. The van der Waals surface area contributed by atoms with Crippen LogP contribution >= 0.6 is 0 Å². The molecule has 1 unspecified atom stereocenters. The minimum absolute atomic E-state index is 0.0339. The van der Waals surface area contributed by atoms with Crippen molar-refractivity contribution < 1.29 is 19.0 Å². The molecule has 1 atom stereocenters. The average Bonchev–Trinajstić information content (AvgIpc) is 3.18. The first-order valence-electron chi connectivity index (χ1n) is 8.87. The number of hydrazone groups is 1. The summed E-state index contributed by atoms with van der Waals surface area (Å²) in [5.74, 6) is 2.17. The van der Waals surface area contributed by atoms with Gasteiger partial charge in [-0.15, -0.1) is 0 Å². The van der Waals surface area contributed by atoms with Crippen LogP contribution in [0, 0.1) is 0 Å². The molecule has 6 heteroatoms. The number of ether oxygens (including phenoxy) is 3. The third kappa shape index (κ3) is 3.74. The van der Waals surface area contributed by atoms with Gasteiger partial charge in [0, 0.05) is 18.4 Å². The Morgan fingerprint density at radius 1 is 1.04 bits per heavy atom. The fourth-order valence-corrected chi connectivity index (χ4v) is 3.20. The summed E-state index contributed by atoms with van der Waals surface area (Å²) in [6.07, 6.45) is 0.976. The van der Waals surface area contributed by atoms with Gasteiger partial charge in [-0.05, 0) is 48.0 Å². The molecule has 0 spiro atoms. The summed E-state index contributed by atoms with van der Waals surface area (Å²) in [5.41, 5.74) is 2.70. The van der Waals surface area contributed by atoms with Crippen LogP contribution in [0.4, 0.5) is 0 Å². The summed E-state index contributed by atoms with van der Waals surface area (Å²) < 4.78 is 16.1. The molecule has 1 amide bonds. The zero-order valence-electron chi connectivity index (χ0n) is 16.1. The van der Waals surface area contributed by atoms with Crippen LogP contribution in [0.2, 0.25) is 0 Å². The molecular formula is C21H24N2O4. The molecule has 0 radical (unpaired) electrons. The minimum Gasteiger partial charge on any atom is -0.497 e. The van der Waals surface area contributed by atoms with Gasteiger partial charge in [-0.2, -0.15) is 5.10 Å². The predicted octanol–water partition coefficient (Wildman–Crippen LogP) is 3.80. The highest BCUT2D eigenvalue weighted by Crippen LogP contribution is 2.39. The first-order chi connectivity index (χ1) is 13.1. The van der Waals surface area contributed by atoms with Crippen LogP contribution in [-0.4, -0.2) is 38.0 Å². The van der Waals surface area contributed by atoms with Crippen molar-refractivity contribution in [2.24, 2.45) is 5.10 Å². The Bertz CT molecular complexity index is 846. The second kappa shape index (κ2) is 8.12. The van der Waals surface area contributed by atoms with E-state index >= 15 is 0 Å². The van der Waals surface area contributed by atoms with Crippen molar-refractivity contribution >= 4 is 11.6 Å². The lowest BCUT2D eigenvalue weighted by Crippen LogP contribution is -2.26. The van der Waals surface area contributed by atoms with E-state index in [9.17, 15) is 4.79 Å². The quantitative estimate of drug-likeness (QED) is 0.778. The molecule has 2 aromatic carbocycles. The molecule has 1 heterocycles. The fourth-order valence-electron chi connectivity index (χ4n) is 3.20. The normalized spacial score (nSPS) is 16.1. The third-order valence-electron chi connectivity index (χ3n) is 4.69. The van der Waals surface area contributed by atoms with E-state index in [0.717, 1.165) is 22.6 Å². The van der Waals surface area contributed by atoms with Crippen LogP contribution in [0.1, 0.15) is 36.9 Å². The van der Waals surface area contributed by atoms with Crippen LogP contribution in [0.25, 0.3) is 0 Å². The zero-order chi connectivity index (χ0) is 19.4. The molecule has 27 heavy (non-hydrogen) atoms. The summed E-state index contributed by atoms with van der Waals surface area (Å²) in [6, 6.07) is 13.1. The number of benzene rings is 2. The molecule has 0 saturated heterocycles.